The Morgan fingerprint density at radius 2 is 1.92 bits per heavy atom. The number of carbonyl (C=O) groups excluding carboxylic acids is 1. The van der Waals surface area contributed by atoms with Crippen LogP contribution in [0.1, 0.15) is 30.5 Å². The summed E-state index contributed by atoms with van der Waals surface area (Å²) in [5, 5.41) is 9.90. The summed E-state index contributed by atoms with van der Waals surface area (Å²) in [6, 6.07) is 13.2. The van der Waals surface area contributed by atoms with E-state index in [1.807, 2.05) is 38.1 Å². The Labute approximate surface area is 154 Å². The Hall–Kier alpha value is -2.53. The molecule has 26 heavy (non-hydrogen) atoms. The van der Waals surface area contributed by atoms with Gasteiger partial charge in [0.25, 0.3) is 0 Å². The number of fused-ring (bicyclic) bond motifs is 1. The first kappa shape index (κ1) is 18.3. The number of hydrogen-bond acceptors (Lipinski definition) is 5. The zero-order chi connectivity index (χ0) is 18.5. The van der Waals surface area contributed by atoms with Crippen LogP contribution in [0.2, 0.25) is 0 Å². The number of phenolic OH excluding ortho intramolecular Hbond substituents is 1. The van der Waals surface area contributed by atoms with E-state index in [0.29, 0.717) is 38.5 Å². The summed E-state index contributed by atoms with van der Waals surface area (Å²) in [7, 11) is 0. The first-order valence-electron chi connectivity index (χ1n) is 9.04. The van der Waals surface area contributed by atoms with E-state index in [-0.39, 0.29) is 17.8 Å². The Morgan fingerprint density at radius 1 is 1.15 bits per heavy atom. The number of rotatable bonds is 6. The van der Waals surface area contributed by atoms with Gasteiger partial charge < -0.3 is 14.6 Å². The van der Waals surface area contributed by atoms with E-state index in [2.05, 4.69) is 17.0 Å². The molecule has 1 atom stereocenters. The molecule has 1 unspecified atom stereocenters. The smallest absolute Gasteiger partial charge is 0.323 e. The third-order valence-corrected chi connectivity index (χ3v) is 4.61. The highest BCUT2D eigenvalue weighted by Crippen LogP contribution is 2.30. The predicted octanol–water partition coefficient (Wildman–Crippen LogP) is 3.28. The molecule has 0 amide bonds. The fraction of sp³-hybridized carbons (Fsp3) is 0.381. The van der Waals surface area contributed by atoms with Crippen LogP contribution in [0.3, 0.4) is 0 Å². The number of aromatic hydroxyl groups is 1. The van der Waals surface area contributed by atoms with Crippen molar-refractivity contribution >= 4 is 5.97 Å². The van der Waals surface area contributed by atoms with Gasteiger partial charge in [-0.2, -0.15) is 0 Å². The number of ether oxygens (including phenoxy) is 2. The maximum absolute atomic E-state index is 12.5. The summed E-state index contributed by atoms with van der Waals surface area (Å²) < 4.78 is 10.8. The van der Waals surface area contributed by atoms with Crippen molar-refractivity contribution in [2.45, 2.75) is 39.4 Å². The lowest BCUT2D eigenvalue weighted by atomic mass is 9.93. The topological polar surface area (TPSA) is 59.0 Å². The van der Waals surface area contributed by atoms with Crippen LogP contribution in [0.4, 0.5) is 0 Å². The van der Waals surface area contributed by atoms with E-state index in [1.165, 1.54) is 11.1 Å². The lowest BCUT2D eigenvalue weighted by molar-refractivity contribution is -0.150. The summed E-state index contributed by atoms with van der Waals surface area (Å²) in [5.74, 6) is 0.405. The number of benzene rings is 2. The normalized spacial score (nSPS) is 16.8. The van der Waals surface area contributed by atoms with Gasteiger partial charge in [-0.05, 0) is 49.1 Å². The first-order valence-corrected chi connectivity index (χ1v) is 9.04. The largest absolute Gasteiger partial charge is 0.504 e. The number of nitrogens with zero attached hydrogens (tertiary/aromatic N) is 1. The summed E-state index contributed by atoms with van der Waals surface area (Å²) in [5.41, 5.74) is 3.42. The van der Waals surface area contributed by atoms with Gasteiger partial charge in [0.05, 0.1) is 13.2 Å². The molecular weight excluding hydrogens is 330 g/mol. The zero-order valence-corrected chi connectivity index (χ0v) is 15.3. The molecule has 2 aromatic carbocycles. The lowest BCUT2D eigenvalue weighted by Crippen LogP contribution is -2.45. The Bertz CT molecular complexity index is 774. The third-order valence-electron chi connectivity index (χ3n) is 4.61. The second-order valence-electron chi connectivity index (χ2n) is 6.38. The highest BCUT2D eigenvalue weighted by Gasteiger charge is 2.32. The highest BCUT2D eigenvalue weighted by molar-refractivity contribution is 5.76. The van der Waals surface area contributed by atoms with Crippen molar-refractivity contribution in [3.63, 3.8) is 0 Å². The molecule has 2 aromatic rings. The molecule has 1 N–H and O–H groups in total. The van der Waals surface area contributed by atoms with Crippen LogP contribution in [-0.4, -0.2) is 35.2 Å². The van der Waals surface area contributed by atoms with E-state index >= 15 is 0 Å². The molecule has 0 aromatic heterocycles. The van der Waals surface area contributed by atoms with E-state index in [9.17, 15) is 9.90 Å². The van der Waals surface area contributed by atoms with Crippen LogP contribution in [0, 0.1) is 0 Å². The SMILES string of the molecule is CCOC(=O)C1Cc2ccccc2CN1Cc1ccc(O)c(OCC)c1. The van der Waals surface area contributed by atoms with Gasteiger partial charge in [0.15, 0.2) is 11.5 Å². The lowest BCUT2D eigenvalue weighted by Gasteiger charge is -2.35. The molecule has 5 nitrogen and oxygen atoms in total. The van der Waals surface area contributed by atoms with Gasteiger partial charge in [-0.1, -0.05) is 30.3 Å². The molecule has 0 aliphatic carbocycles. The standard InChI is InChI=1S/C21H25NO4/c1-3-25-20-11-15(9-10-19(20)23)13-22-14-17-8-6-5-7-16(17)12-18(22)21(24)26-4-2/h5-11,18,23H,3-4,12-14H2,1-2H3. The predicted molar refractivity (Wildman–Crippen MR) is 99.1 cm³/mol. The molecule has 1 heterocycles. The molecule has 3 rings (SSSR count). The average Bonchev–Trinajstić information content (AvgIpc) is 2.64. The molecule has 1 aliphatic heterocycles. The summed E-state index contributed by atoms with van der Waals surface area (Å²) in [6.07, 6.45) is 0.644. The Balaban J connectivity index is 1.85. The van der Waals surface area contributed by atoms with Crippen molar-refractivity contribution in [2.75, 3.05) is 13.2 Å². The minimum atomic E-state index is -0.311. The monoisotopic (exact) mass is 355 g/mol. The second kappa shape index (κ2) is 8.23. The van der Waals surface area contributed by atoms with Crippen LogP contribution < -0.4 is 4.74 Å². The number of carbonyl (C=O) groups is 1. The van der Waals surface area contributed by atoms with Crippen molar-refractivity contribution < 1.29 is 19.4 Å². The van der Waals surface area contributed by atoms with Crippen LogP contribution in [0.5, 0.6) is 11.5 Å². The van der Waals surface area contributed by atoms with Crippen LogP contribution in [0.25, 0.3) is 0 Å². The van der Waals surface area contributed by atoms with Crippen molar-refractivity contribution in [1.82, 2.24) is 4.90 Å². The van der Waals surface area contributed by atoms with Crippen molar-refractivity contribution in [1.29, 1.82) is 0 Å². The second-order valence-corrected chi connectivity index (χ2v) is 6.38. The summed E-state index contributed by atoms with van der Waals surface area (Å²) in [6.45, 7) is 5.83. The average molecular weight is 355 g/mol. The molecule has 0 spiro atoms. The summed E-state index contributed by atoms with van der Waals surface area (Å²) in [4.78, 5) is 14.6. The fourth-order valence-electron chi connectivity index (χ4n) is 3.38. The van der Waals surface area contributed by atoms with Crippen molar-refractivity contribution in [3.8, 4) is 11.5 Å². The van der Waals surface area contributed by atoms with Gasteiger partial charge >= 0.3 is 5.97 Å². The molecule has 0 saturated heterocycles. The third kappa shape index (κ3) is 3.99. The number of hydrogen-bond donors (Lipinski definition) is 1. The van der Waals surface area contributed by atoms with Gasteiger partial charge in [0.2, 0.25) is 0 Å². The van der Waals surface area contributed by atoms with Gasteiger partial charge in [0, 0.05) is 13.1 Å². The molecule has 0 radical (unpaired) electrons. The van der Waals surface area contributed by atoms with Gasteiger partial charge in [0.1, 0.15) is 6.04 Å². The minimum absolute atomic E-state index is 0.126. The maximum atomic E-state index is 12.5. The summed E-state index contributed by atoms with van der Waals surface area (Å²) >= 11 is 0. The number of phenols is 1. The molecule has 1 aliphatic rings. The minimum Gasteiger partial charge on any atom is -0.504 e. The Kier molecular flexibility index (Phi) is 5.78. The molecular formula is C21H25NO4. The molecule has 0 saturated carbocycles. The molecule has 5 heteroatoms. The molecule has 0 fully saturated rings. The van der Waals surface area contributed by atoms with E-state index in [4.69, 9.17) is 9.47 Å². The van der Waals surface area contributed by atoms with Crippen LogP contribution in [0.15, 0.2) is 42.5 Å². The van der Waals surface area contributed by atoms with Gasteiger partial charge in [-0.25, -0.2) is 0 Å². The first-order chi connectivity index (χ1) is 12.6. The van der Waals surface area contributed by atoms with E-state index < -0.39 is 0 Å². The van der Waals surface area contributed by atoms with Crippen LogP contribution >= 0.6 is 0 Å². The van der Waals surface area contributed by atoms with Gasteiger partial charge in [-0.3, -0.25) is 9.69 Å². The number of esters is 1. The quantitative estimate of drug-likeness (QED) is 0.806. The van der Waals surface area contributed by atoms with Crippen molar-refractivity contribution in [2.24, 2.45) is 0 Å². The molecule has 138 valence electrons. The molecule has 0 bridgehead atoms. The van der Waals surface area contributed by atoms with E-state index in [0.717, 1.165) is 5.56 Å². The fourth-order valence-corrected chi connectivity index (χ4v) is 3.38. The highest BCUT2D eigenvalue weighted by atomic mass is 16.5. The zero-order valence-electron chi connectivity index (χ0n) is 15.3. The van der Waals surface area contributed by atoms with Crippen molar-refractivity contribution in [3.05, 3.63) is 59.2 Å². The van der Waals surface area contributed by atoms with Gasteiger partial charge in [-0.15, -0.1) is 0 Å². The van der Waals surface area contributed by atoms with Crippen LogP contribution in [-0.2, 0) is 29.0 Å². The Morgan fingerprint density at radius 3 is 2.65 bits per heavy atom. The maximum Gasteiger partial charge on any atom is 0.323 e. The van der Waals surface area contributed by atoms with E-state index in [1.54, 1.807) is 6.07 Å².